The van der Waals surface area contributed by atoms with Gasteiger partial charge in [-0.05, 0) is 65.9 Å². The van der Waals surface area contributed by atoms with Crippen molar-refractivity contribution in [2.75, 3.05) is 22.9 Å². The summed E-state index contributed by atoms with van der Waals surface area (Å²) in [5.41, 5.74) is 7.55. The Balaban J connectivity index is 2.08. The van der Waals surface area contributed by atoms with Crippen molar-refractivity contribution in [3.8, 4) is 0 Å². The molecule has 1 saturated heterocycles. The number of hydrogen-bond donors (Lipinski definition) is 1. The molecule has 1 heterocycles. The van der Waals surface area contributed by atoms with Crippen molar-refractivity contribution in [2.45, 2.75) is 33.9 Å². The first-order valence-corrected chi connectivity index (χ1v) is 9.10. The lowest BCUT2D eigenvalue weighted by Crippen LogP contribution is -2.44. The zero-order valence-electron chi connectivity index (χ0n) is 14.7. The van der Waals surface area contributed by atoms with Gasteiger partial charge in [0.2, 0.25) is 0 Å². The van der Waals surface area contributed by atoms with Crippen LogP contribution in [0.25, 0.3) is 0 Å². The number of aryl methyl sites for hydroxylation is 4. The molecule has 3 rings (SSSR count). The highest BCUT2D eigenvalue weighted by molar-refractivity contribution is 9.18. The third kappa shape index (κ3) is 2.84. The minimum absolute atomic E-state index is 0.0930. The van der Waals surface area contributed by atoms with Gasteiger partial charge in [-0.2, -0.15) is 0 Å². The Bertz CT molecular complexity index is 684. The summed E-state index contributed by atoms with van der Waals surface area (Å²) in [5.74, 6) is 0. The number of nitrogens with zero attached hydrogens (tertiary/aromatic N) is 2. The zero-order chi connectivity index (χ0) is 17.4. The molecule has 126 valence electrons. The molecule has 0 aliphatic carbocycles. The summed E-state index contributed by atoms with van der Waals surface area (Å²) >= 11 is 3.47. The zero-order valence-corrected chi connectivity index (χ0v) is 16.3. The quantitative estimate of drug-likeness (QED) is 0.757. The van der Waals surface area contributed by atoms with Gasteiger partial charge in [0, 0.05) is 24.5 Å². The first kappa shape index (κ1) is 17.0. The van der Waals surface area contributed by atoms with E-state index in [1.807, 2.05) is 0 Å². The molecule has 0 saturated carbocycles. The lowest BCUT2D eigenvalue weighted by molar-refractivity contribution is 0.833. The third-order valence-corrected chi connectivity index (χ3v) is 5.26. The average molecular weight is 386 g/mol. The number of anilines is 2. The molecular weight excluding hydrogens is 362 g/mol. The fraction of sp³-hybridized carbons (Fsp3) is 0.350. The van der Waals surface area contributed by atoms with Crippen LogP contribution in [0, 0.1) is 33.1 Å². The van der Waals surface area contributed by atoms with Crippen LogP contribution >= 0.6 is 15.9 Å². The van der Waals surface area contributed by atoms with Crippen molar-refractivity contribution in [3.05, 3.63) is 58.7 Å². The highest BCUT2D eigenvalue weighted by atomic mass is 79.9. The van der Waals surface area contributed by atoms with Gasteiger partial charge in [-0.1, -0.05) is 36.4 Å². The number of nitrogens with one attached hydrogen (secondary N) is 1. The molecule has 0 aromatic heterocycles. The Kier molecular flexibility index (Phi) is 4.68. The van der Waals surface area contributed by atoms with E-state index >= 15 is 0 Å². The molecule has 1 aliphatic heterocycles. The monoisotopic (exact) mass is 385 g/mol. The third-order valence-electron chi connectivity index (χ3n) is 4.85. The van der Waals surface area contributed by atoms with E-state index in [9.17, 15) is 0 Å². The van der Waals surface area contributed by atoms with Crippen LogP contribution in [0.5, 0.6) is 0 Å². The van der Waals surface area contributed by atoms with E-state index in [0.717, 1.165) is 13.1 Å². The molecule has 1 fully saturated rings. The molecule has 1 N–H and O–H groups in total. The Morgan fingerprint density at radius 1 is 0.833 bits per heavy atom. The number of rotatable bonds is 3. The van der Waals surface area contributed by atoms with Gasteiger partial charge in [0.1, 0.15) is 4.62 Å². The molecule has 3 nitrogen and oxygen atoms in total. The molecule has 4 heteroatoms. The van der Waals surface area contributed by atoms with E-state index in [1.165, 1.54) is 33.6 Å². The molecule has 2 aromatic rings. The van der Waals surface area contributed by atoms with Crippen molar-refractivity contribution >= 4 is 31.9 Å². The number of benzene rings is 2. The van der Waals surface area contributed by atoms with Crippen LogP contribution in [0.3, 0.4) is 0 Å². The van der Waals surface area contributed by atoms with Gasteiger partial charge in [0.05, 0.1) is 0 Å². The first-order valence-electron chi connectivity index (χ1n) is 8.31. The minimum atomic E-state index is -0.0930. The van der Waals surface area contributed by atoms with Gasteiger partial charge in [0.15, 0.2) is 6.17 Å². The van der Waals surface area contributed by atoms with Gasteiger partial charge in [0.25, 0.3) is 0 Å². The molecule has 24 heavy (non-hydrogen) atoms. The Hall–Kier alpha value is -1.81. The summed E-state index contributed by atoms with van der Waals surface area (Å²) in [7, 11) is 0. The van der Waals surface area contributed by atoms with Gasteiger partial charge < -0.3 is 9.80 Å². The van der Waals surface area contributed by atoms with Crippen LogP contribution in [-0.2, 0) is 0 Å². The predicted octanol–water partition coefficient (Wildman–Crippen LogP) is 4.95. The molecule has 0 amide bonds. The highest BCUT2D eigenvalue weighted by Crippen LogP contribution is 2.36. The maximum absolute atomic E-state index is 8.37. The molecular formula is C20H24BrN3. The van der Waals surface area contributed by atoms with Crippen LogP contribution in [0.2, 0.25) is 0 Å². The largest absolute Gasteiger partial charge is 0.343 e. The van der Waals surface area contributed by atoms with Crippen molar-refractivity contribution < 1.29 is 0 Å². The van der Waals surface area contributed by atoms with Crippen LogP contribution in [0.4, 0.5) is 11.4 Å². The predicted molar refractivity (Wildman–Crippen MR) is 107 cm³/mol. The van der Waals surface area contributed by atoms with Gasteiger partial charge in [-0.15, -0.1) is 0 Å². The SMILES string of the molecule is Cc1cccc(C)c1N1CCN(c2c(C)cccc2C)C1C(=N)Br. The second-order valence-electron chi connectivity index (χ2n) is 6.59. The fourth-order valence-corrected chi connectivity index (χ4v) is 4.38. The Morgan fingerprint density at radius 2 is 1.17 bits per heavy atom. The van der Waals surface area contributed by atoms with Crippen LogP contribution in [0.1, 0.15) is 22.3 Å². The van der Waals surface area contributed by atoms with Crippen molar-refractivity contribution in [3.63, 3.8) is 0 Å². The molecule has 0 radical (unpaired) electrons. The standard InChI is InChI=1S/C20H24BrN3/c1-13-7-5-8-14(2)17(13)23-11-12-24(20(23)19(21)22)18-15(3)9-6-10-16(18)4/h5-10,20,22H,11-12H2,1-4H3. The van der Waals surface area contributed by atoms with Gasteiger partial charge >= 0.3 is 0 Å². The summed E-state index contributed by atoms with van der Waals surface area (Å²) in [4.78, 5) is 4.71. The summed E-state index contributed by atoms with van der Waals surface area (Å²) in [6, 6.07) is 12.8. The molecule has 2 aromatic carbocycles. The second kappa shape index (κ2) is 6.60. The topological polar surface area (TPSA) is 30.3 Å². The lowest BCUT2D eigenvalue weighted by Gasteiger charge is -2.34. The number of hydrogen-bond acceptors (Lipinski definition) is 3. The molecule has 0 bridgehead atoms. The van der Waals surface area contributed by atoms with Crippen LogP contribution < -0.4 is 9.80 Å². The molecule has 1 aliphatic rings. The van der Waals surface area contributed by atoms with E-state index in [4.69, 9.17) is 5.41 Å². The summed E-state index contributed by atoms with van der Waals surface area (Å²) in [5, 5.41) is 8.37. The minimum Gasteiger partial charge on any atom is -0.343 e. The highest BCUT2D eigenvalue weighted by Gasteiger charge is 2.36. The smallest absolute Gasteiger partial charge is 0.152 e. The van der Waals surface area contributed by atoms with E-state index < -0.39 is 0 Å². The van der Waals surface area contributed by atoms with Crippen molar-refractivity contribution in [1.29, 1.82) is 5.41 Å². The fourth-order valence-electron chi connectivity index (χ4n) is 3.89. The van der Waals surface area contributed by atoms with Gasteiger partial charge in [-0.25, -0.2) is 0 Å². The van der Waals surface area contributed by atoms with Crippen molar-refractivity contribution in [2.24, 2.45) is 0 Å². The van der Waals surface area contributed by atoms with Crippen molar-refractivity contribution in [1.82, 2.24) is 0 Å². The molecule has 0 atom stereocenters. The second-order valence-corrected chi connectivity index (χ2v) is 7.44. The molecule has 0 spiro atoms. The normalized spacial score (nSPS) is 15.2. The van der Waals surface area contributed by atoms with Crippen LogP contribution in [0.15, 0.2) is 36.4 Å². The molecule has 0 unspecified atom stereocenters. The summed E-state index contributed by atoms with van der Waals surface area (Å²) < 4.78 is 0.505. The van der Waals surface area contributed by atoms with Gasteiger partial charge in [-0.3, -0.25) is 5.41 Å². The maximum Gasteiger partial charge on any atom is 0.152 e. The van der Waals surface area contributed by atoms with Crippen LogP contribution in [-0.4, -0.2) is 23.9 Å². The van der Waals surface area contributed by atoms with E-state index in [-0.39, 0.29) is 6.17 Å². The van der Waals surface area contributed by atoms with E-state index in [1.54, 1.807) is 0 Å². The first-order chi connectivity index (χ1) is 11.4. The summed E-state index contributed by atoms with van der Waals surface area (Å²) in [6.45, 7) is 10.4. The average Bonchev–Trinajstić information content (AvgIpc) is 2.91. The summed E-state index contributed by atoms with van der Waals surface area (Å²) in [6.07, 6.45) is -0.0930. The number of para-hydroxylation sites is 2. The Morgan fingerprint density at radius 3 is 1.46 bits per heavy atom. The lowest BCUT2D eigenvalue weighted by atomic mass is 10.1. The number of halogens is 1. The Labute approximate surface area is 152 Å². The van der Waals surface area contributed by atoms with E-state index in [0.29, 0.717) is 4.62 Å². The van der Waals surface area contributed by atoms with E-state index in [2.05, 4.69) is 89.8 Å². The maximum atomic E-state index is 8.37.